The number of rotatable bonds is 3. The molecule has 128 valence electrons. The minimum atomic E-state index is -1.66. The van der Waals surface area contributed by atoms with Crippen LogP contribution in [0, 0.1) is 17.8 Å². The molecule has 3 aliphatic rings. The van der Waals surface area contributed by atoms with Crippen LogP contribution in [0.5, 0.6) is 0 Å². The van der Waals surface area contributed by atoms with E-state index in [9.17, 15) is 9.59 Å². The second-order valence-corrected chi connectivity index (χ2v) is 13.6. The molecule has 0 spiro atoms. The molecule has 23 heavy (non-hydrogen) atoms. The Labute approximate surface area is 139 Å². The normalized spacial score (nSPS) is 36.6. The van der Waals surface area contributed by atoms with Crippen LogP contribution in [0.3, 0.4) is 0 Å². The molecule has 2 fully saturated rings. The minimum absolute atomic E-state index is 0.0271. The summed E-state index contributed by atoms with van der Waals surface area (Å²) in [5, 5.41) is 0. The number of ether oxygens (including phenoxy) is 2. The predicted molar refractivity (Wildman–Crippen MR) is 90.6 cm³/mol. The lowest BCUT2D eigenvalue weighted by Gasteiger charge is -2.41. The summed E-state index contributed by atoms with van der Waals surface area (Å²) in [7, 11) is -1.66. The second kappa shape index (κ2) is 6.08. The molecule has 0 amide bonds. The van der Waals surface area contributed by atoms with Crippen molar-refractivity contribution in [2.75, 3.05) is 6.61 Å². The van der Waals surface area contributed by atoms with Gasteiger partial charge in [-0.15, -0.1) is 0 Å². The molecular weight excluding hydrogens is 308 g/mol. The van der Waals surface area contributed by atoms with Gasteiger partial charge >= 0.3 is 11.9 Å². The Kier molecular flexibility index (Phi) is 4.42. The van der Waals surface area contributed by atoms with Crippen LogP contribution in [0.2, 0.25) is 25.2 Å². The highest BCUT2D eigenvalue weighted by atomic mass is 28.3. The number of esters is 2. The molecule has 0 aromatic carbocycles. The lowest BCUT2D eigenvalue weighted by molar-refractivity contribution is -0.156. The molecule has 4 nitrogen and oxygen atoms in total. The highest BCUT2D eigenvalue weighted by molar-refractivity contribution is 6.78. The summed E-state index contributed by atoms with van der Waals surface area (Å²) in [4.78, 5) is 25.3. The monoisotopic (exact) mass is 336 g/mol. The van der Waals surface area contributed by atoms with E-state index in [1.54, 1.807) is 0 Å². The zero-order chi connectivity index (χ0) is 16.8. The summed E-state index contributed by atoms with van der Waals surface area (Å²) < 4.78 is 11.1. The zero-order valence-corrected chi connectivity index (χ0v) is 15.6. The molecule has 0 bridgehead atoms. The maximum Gasteiger partial charge on any atom is 0.310 e. The van der Waals surface area contributed by atoms with Crippen molar-refractivity contribution in [3.8, 4) is 0 Å². The first-order valence-electron chi connectivity index (χ1n) is 8.92. The molecule has 1 aliphatic heterocycles. The fraction of sp³-hybridized carbons (Fsp3) is 0.778. The van der Waals surface area contributed by atoms with E-state index in [-0.39, 0.29) is 41.3 Å². The van der Waals surface area contributed by atoms with Crippen LogP contribution in [0.25, 0.3) is 0 Å². The molecule has 5 atom stereocenters. The van der Waals surface area contributed by atoms with Gasteiger partial charge in [-0.3, -0.25) is 9.59 Å². The van der Waals surface area contributed by atoms with Crippen LogP contribution in [-0.2, 0) is 19.1 Å². The maximum absolute atomic E-state index is 12.7. The van der Waals surface area contributed by atoms with Gasteiger partial charge in [0.2, 0.25) is 0 Å². The van der Waals surface area contributed by atoms with E-state index in [1.807, 2.05) is 6.92 Å². The van der Waals surface area contributed by atoms with Crippen LogP contribution in [0.4, 0.5) is 0 Å². The molecule has 1 heterocycles. The molecule has 0 unspecified atom stereocenters. The van der Waals surface area contributed by atoms with Gasteiger partial charge in [-0.2, -0.15) is 0 Å². The topological polar surface area (TPSA) is 52.6 Å². The standard InChI is InChI=1S/C18H28O4Si/c1-5-21-17(19)15-13(23(2,3)4)10-11-8-6-7-9-12-14(11)16(15)18(20)22-12/h10,12-16H,5-9H2,1-4H3/t12-,13+,14+,15+,16-/m1/s1. The van der Waals surface area contributed by atoms with Gasteiger partial charge in [-0.25, -0.2) is 0 Å². The van der Waals surface area contributed by atoms with Crippen molar-refractivity contribution in [1.82, 2.24) is 0 Å². The average molecular weight is 337 g/mol. The molecule has 0 N–H and O–H groups in total. The molecule has 1 saturated carbocycles. The molecule has 3 rings (SSSR count). The Morgan fingerprint density at radius 1 is 1.30 bits per heavy atom. The third-order valence-corrected chi connectivity index (χ3v) is 8.21. The number of allylic oxidation sites excluding steroid dienone is 1. The fourth-order valence-electron chi connectivity index (χ4n) is 4.67. The Morgan fingerprint density at radius 2 is 2.04 bits per heavy atom. The van der Waals surface area contributed by atoms with Crippen LogP contribution >= 0.6 is 0 Å². The summed E-state index contributed by atoms with van der Waals surface area (Å²) in [5.74, 6) is -0.956. The zero-order valence-electron chi connectivity index (χ0n) is 14.6. The summed E-state index contributed by atoms with van der Waals surface area (Å²) in [5.41, 5.74) is 1.53. The van der Waals surface area contributed by atoms with E-state index in [1.165, 1.54) is 5.57 Å². The number of carbonyl (C=O) groups is 2. The van der Waals surface area contributed by atoms with Gasteiger partial charge in [0.25, 0.3) is 0 Å². The third kappa shape index (κ3) is 2.88. The van der Waals surface area contributed by atoms with Crippen molar-refractivity contribution >= 4 is 20.0 Å². The molecule has 0 aromatic heterocycles. The van der Waals surface area contributed by atoms with Gasteiger partial charge in [0.15, 0.2) is 0 Å². The highest BCUT2D eigenvalue weighted by Crippen LogP contribution is 2.54. The van der Waals surface area contributed by atoms with E-state index in [0.29, 0.717) is 6.61 Å². The van der Waals surface area contributed by atoms with E-state index < -0.39 is 8.07 Å². The summed E-state index contributed by atoms with van der Waals surface area (Å²) in [6, 6.07) is 0. The van der Waals surface area contributed by atoms with Gasteiger partial charge in [0, 0.05) is 5.92 Å². The number of hydrogen-bond donors (Lipinski definition) is 0. The lowest BCUT2D eigenvalue weighted by Crippen LogP contribution is -2.46. The van der Waals surface area contributed by atoms with Gasteiger partial charge in [0.1, 0.15) is 6.10 Å². The predicted octanol–water partition coefficient (Wildman–Crippen LogP) is 3.55. The van der Waals surface area contributed by atoms with Crippen LogP contribution in [-0.4, -0.2) is 32.7 Å². The van der Waals surface area contributed by atoms with E-state index >= 15 is 0 Å². The van der Waals surface area contributed by atoms with Gasteiger partial charge in [0.05, 0.1) is 26.5 Å². The second-order valence-electron chi connectivity index (χ2n) is 8.18. The molecule has 0 aromatic rings. The van der Waals surface area contributed by atoms with E-state index in [4.69, 9.17) is 9.47 Å². The Hall–Kier alpha value is -1.10. The fourth-order valence-corrected chi connectivity index (χ4v) is 6.81. The molecule has 0 radical (unpaired) electrons. The Morgan fingerprint density at radius 3 is 2.70 bits per heavy atom. The van der Waals surface area contributed by atoms with Crippen molar-refractivity contribution < 1.29 is 19.1 Å². The summed E-state index contributed by atoms with van der Waals surface area (Å²) in [6.45, 7) is 9.01. The first kappa shape index (κ1) is 16.7. The van der Waals surface area contributed by atoms with E-state index in [0.717, 1.165) is 25.7 Å². The molecule has 2 aliphatic carbocycles. The Bertz CT molecular complexity index is 534. The van der Waals surface area contributed by atoms with Crippen LogP contribution in [0.15, 0.2) is 11.6 Å². The largest absolute Gasteiger partial charge is 0.466 e. The summed E-state index contributed by atoms with van der Waals surface area (Å²) in [6.07, 6.45) is 6.55. The van der Waals surface area contributed by atoms with Crippen LogP contribution in [0.1, 0.15) is 32.6 Å². The molecule has 1 saturated heterocycles. The first-order chi connectivity index (χ1) is 10.8. The van der Waals surface area contributed by atoms with Gasteiger partial charge in [-0.1, -0.05) is 31.3 Å². The minimum Gasteiger partial charge on any atom is -0.466 e. The van der Waals surface area contributed by atoms with E-state index in [2.05, 4.69) is 25.7 Å². The average Bonchev–Trinajstić information content (AvgIpc) is 2.66. The van der Waals surface area contributed by atoms with Crippen LogP contribution < -0.4 is 0 Å². The Balaban J connectivity index is 2.07. The van der Waals surface area contributed by atoms with Gasteiger partial charge in [-0.05, 0) is 38.1 Å². The number of hydrogen-bond acceptors (Lipinski definition) is 4. The molecular formula is C18H28O4Si. The van der Waals surface area contributed by atoms with Gasteiger partial charge < -0.3 is 9.47 Å². The van der Waals surface area contributed by atoms with Crippen molar-refractivity contribution in [3.63, 3.8) is 0 Å². The third-order valence-electron chi connectivity index (χ3n) is 5.69. The first-order valence-corrected chi connectivity index (χ1v) is 12.5. The number of carbonyl (C=O) groups excluding carboxylic acids is 2. The van der Waals surface area contributed by atoms with Crippen molar-refractivity contribution in [2.24, 2.45) is 17.8 Å². The highest BCUT2D eigenvalue weighted by Gasteiger charge is 2.58. The lowest BCUT2D eigenvalue weighted by atomic mass is 9.70. The maximum atomic E-state index is 12.7. The van der Waals surface area contributed by atoms with Crippen molar-refractivity contribution in [2.45, 2.75) is 63.9 Å². The van der Waals surface area contributed by atoms with Crippen molar-refractivity contribution in [3.05, 3.63) is 11.6 Å². The quantitative estimate of drug-likeness (QED) is 0.449. The SMILES string of the molecule is CCOC(=O)[C@@H]1[C@@H]2C(=O)O[C@@H]3CCCCC(=C[C@@H]1[Si](C)(C)C)[C@H]23. The smallest absolute Gasteiger partial charge is 0.310 e. The summed E-state index contributed by atoms with van der Waals surface area (Å²) >= 11 is 0. The molecule has 5 heteroatoms. The van der Waals surface area contributed by atoms with Crippen molar-refractivity contribution in [1.29, 1.82) is 0 Å².